The van der Waals surface area contributed by atoms with Crippen LogP contribution in [0.1, 0.15) is 18.3 Å². The van der Waals surface area contributed by atoms with Crippen LogP contribution in [-0.4, -0.2) is 27.7 Å². The highest BCUT2D eigenvalue weighted by atomic mass is 35.7. The largest absolute Gasteiger partial charge is 0.330 e. The summed E-state index contributed by atoms with van der Waals surface area (Å²) in [6.07, 6.45) is 2.76. The average Bonchev–Trinajstić information content (AvgIpc) is 2.89. The van der Waals surface area contributed by atoms with E-state index in [1.54, 1.807) is 9.25 Å². The molecule has 0 fully saturated rings. The predicted octanol–water partition coefficient (Wildman–Crippen LogP) is 2.04. The second-order valence-corrected chi connectivity index (χ2v) is 6.87. The van der Waals surface area contributed by atoms with Crippen LogP contribution in [0.3, 0.4) is 0 Å². The molecular formula is C10H12Cl2N4O2S. The van der Waals surface area contributed by atoms with Gasteiger partial charge in [0.2, 0.25) is 0 Å². The van der Waals surface area contributed by atoms with Crippen LogP contribution in [0.15, 0.2) is 17.6 Å². The molecule has 104 valence electrons. The Balaban J connectivity index is 2.34. The van der Waals surface area contributed by atoms with Gasteiger partial charge < -0.3 is 4.57 Å². The molecule has 19 heavy (non-hydrogen) atoms. The molecule has 0 saturated carbocycles. The molecule has 0 spiro atoms. The molecule has 0 bridgehead atoms. The summed E-state index contributed by atoms with van der Waals surface area (Å²) in [6.45, 7) is 4.83. The van der Waals surface area contributed by atoms with Gasteiger partial charge in [-0.3, -0.25) is 4.68 Å². The Hall–Kier alpha value is -1.05. The number of hydrogen-bond donors (Lipinski definition) is 0. The topological polar surface area (TPSA) is 69.8 Å². The molecule has 2 heterocycles. The van der Waals surface area contributed by atoms with Crippen LogP contribution >= 0.6 is 22.3 Å². The minimum absolute atomic E-state index is 0.176. The summed E-state index contributed by atoms with van der Waals surface area (Å²) in [5.74, 6) is 0. The number of nitrogens with zero attached hydrogens (tertiary/aromatic N) is 4. The van der Waals surface area contributed by atoms with Crippen LogP contribution < -0.4 is 0 Å². The second kappa shape index (κ2) is 5.15. The fraction of sp³-hybridized carbons (Fsp3) is 0.400. The lowest BCUT2D eigenvalue weighted by molar-refractivity contribution is 0.596. The van der Waals surface area contributed by atoms with Crippen molar-refractivity contribution in [3.63, 3.8) is 0 Å². The van der Waals surface area contributed by atoms with Gasteiger partial charge in [0.25, 0.3) is 9.05 Å². The zero-order valence-electron chi connectivity index (χ0n) is 10.3. The van der Waals surface area contributed by atoms with E-state index < -0.39 is 9.05 Å². The van der Waals surface area contributed by atoms with E-state index in [2.05, 4.69) is 10.1 Å². The fourth-order valence-electron chi connectivity index (χ4n) is 1.74. The summed E-state index contributed by atoms with van der Waals surface area (Å²) in [7, 11) is 1.41. The maximum Gasteiger partial charge on any atom is 0.280 e. The van der Waals surface area contributed by atoms with E-state index in [1.165, 1.54) is 12.5 Å². The predicted molar refractivity (Wildman–Crippen MR) is 72.0 cm³/mol. The summed E-state index contributed by atoms with van der Waals surface area (Å²) in [4.78, 5) is 3.75. The van der Waals surface area contributed by atoms with E-state index in [0.717, 1.165) is 11.4 Å². The molecule has 2 aromatic rings. The number of aryl methyl sites for hydroxylation is 2. The number of halogens is 2. The molecular weight excluding hydrogens is 311 g/mol. The molecule has 0 atom stereocenters. The molecule has 0 aliphatic carbocycles. The van der Waals surface area contributed by atoms with Gasteiger partial charge in [-0.15, -0.1) is 0 Å². The molecule has 0 aliphatic rings. The first kappa shape index (κ1) is 14.4. The van der Waals surface area contributed by atoms with Gasteiger partial charge in [-0.1, -0.05) is 11.6 Å². The van der Waals surface area contributed by atoms with E-state index in [0.29, 0.717) is 18.1 Å². The van der Waals surface area contributed by atoms with Gasteiger partial charge >= 0.3 is 0 Å². The number of imidazole rings is 1. The highest BCUT2D eigenvalue weighted by Gasteiger charge is 2.16. The first-order valence-electron chi connectivity index (χ1n) is 5.51. The highest BCUT2D eigenvalue weighted by Crippen LogP contribution is 2.22. The van der Waals surface area contributed by atoms with Crippen LogP contribution in [0.4, 0.5) is 0 Å². The minimum Gasteiger partial charge on any atom is -0.330 e. The van der Waals surface area contributed by atoms with Gasteiger partial charge in [0, 0.05) is 23.4 Å². The van der Waals surface area contributed by atoms with E-state index in [1.807, 2.05) is 13.8 Å². The Morgan fingerprint density at radius 1 is 1.42 bits per heavy atom. The first-order chi connectivity index (χ1) is 8.82. The Morgan fingerprint density at radius 2 is 2.11 bits per heavy atom. The van der Waals surface area contributed by atoms with Crippen molar-refractivity contribution in [3.05, 3.63) is 28.9 Å². The summed E-state index contributed by atoms with van der Waals surface area (Å²) in [5.41, 5.74) is 1.54. The standard InChI is InChI=1S/C10H12Cl2N4O2S/c1-3-16-8(10(11)7(2)14-16)4-15-5-9(13-6-15)19(12,17)18/h5-6H,3-4H2,1-2H3. The Kier molecular flexibility index (Phi) is 3.89. The van der Waals surface area contributed by atoms with Gasteiger partial charge in [-0.05, 0) is 13.8 Å². The third-order valence-corrected chi connectivity index (χ3v) is 4.32. The monoisotopic (exact) mass is 322 g/mol. The van der Waals surface area contributed by atoms with Crippen molar-refractivity contribution in [2.24, 2.45) is 0 Å². The summed E-state index contributed by atoms with van der Waals surface area (Å²) in [6, 6.07) is 0. The van der Waals surface area contributed by atoms with E-state index in [9.17, 15) is 8.42 Å². The van der Waals surface area contributed by atoms with Crippen molar-refractivity contribution in [3.8, 4) is 0 Å². The molecule has 0 amide bonds. The van der Waals surface area contributed by atoms with Gasteiger partial charge in [0.15, 0.2) is 5.03 Å². The summed E-state index contributed by atoms with van der Waals surface area (Å²) < 4.78 is 25.6. The minimum atomic E-state index is -3.81. The number of hydrogen-bond acceptors (Lipinski definition) is 4. The first-order valence-corrected chi connectivity index (χ1v) is 8.20. The van der Waals surface area contributed by atoms with Crippen molar-refractivity contribution in [2.45, 2.75) is 32.0 Å². The maximum absolute atomic E-state index is 11.1. The molecule has 0 N–H and O–H groups in total. The Morgan fingerprint density at radius 3 is 2.63 bits per heavy atom. The van der Waals surface area contributed by atoms with Crippen LogP contribution in [-0.2, 0) is 22.1 Å². The van der Waals surface area contributed by atoms with Crippen molar-refractivity contribution in [1.82, 2.24) is 19.3 Å². The van der Waals surface area contributed by atoms with Crippen LogP contribution in [0.5, 0.6) is 0 Å². The van der Waals surface area contributed by atoms with Crippen molar-refractivity contribution >= 4 is 31.3 Å². The van der Waals surface area contributed by atoms with Gasteiger partial charge in [-0.25, -0.2) is 13.4 Å². The molecule has 9 heteroatoms. The number of aromatic nitrogens is 4. The van der Waals surface area contributed by atoms with Crippen LogP contribution in [0.2, 0.25) is 5.02 Å². The molecule has 0 aliphatic heterocycles. The SMILES string of the molecule is CCn1nc(C)c(Cl)c1Cn1cnc(S(=O)(=O)Cl)c1. The maximum atomic E-state index is 11.1. The van der Waals surface area contributed by atoms with Gasteiger partial charge in [0.1, 0.15) is 0 Å². The van der Waals surface area contributed by atoms with E-state index in [-0.39, 0.29) is 5.03 Å². The van der Waals surface area contributed by atoms with E-state index in [4.69, 9.17) is 22.3 Å². The molecule has 0 aromatic carbocycles. The lowest BCUT2D eigenvalue weighted by Crippen LogP contribution is -2.07. The van der Waals surface area contributed by atoms with Gasteiger partial charge in [0.05, 0.1) is 29.3 Å². The highest BCUT2D eigenvalue weighted by molar-refractivity contribution is 8.13. The lowest BCUT2D eigenvalue weighted by Gasteiger charge is -2.05. The molecule has 2 rings (SSSR count). The molecule has 0 unspecified atom stereocenters. The molecule has 0 radical (unpaired) electrons. The zero-order chi connectivity index (χ0) is 14.2. The van der Waals surface area contributed by atoms with Crippen molar-refractivity contribution < 1.29 is 8.42 Å². The smallest absolute Gasteiger partial charge is 0.280 e. The number of rotatable bonds is 4. The second-order valence-electron chi connectivity index (χ2n) is 3.98. The lowest BCUT2D eigenvalue weighted by atomic mass is 10.3. The fourth-order valence-corrected chi connectivity index (χ4v) is 2.61. The normalized spacial score (nSPS) is 12.0. The Labute approximate surface area is 120 Å². The quantitative estimate of drug-likeness (QED) is 0.808. The molecule has 6 nitrogen and oxygen atoms in total. The van der Waals surface area contributed by atoms with Crippen molar-refractivity contribution in [2.75, 3.05) is 0 Å². The Bertz CT molecular complexity index is 705. The van der Waals surface area contributed by atoms with E-state index >= 15 is 0 Å². The summed E-state index contributed by atoms with van der Waals surface area (Å²) >= 11 is 6.18. The van der Waals surface area contributed by atoms with Crippen molar-refractivity contribution in [1.29, 1.82) is 0 Å². The molecule has 2 aromatic heterocycles. The summed E-state index contributed by atoms with van der Waals surface area (Å²) in [5, 5.41) is 4.69. The van der Waals surface area contributed by atoms with Crippen LogP contribution in [0.25, 0.3) is 0 Å². The average molecular weight is 323 g/mol. The zero-order valence-corrected chi connectivity index (χ0v) is 12.7. The third-order valence-electron chi connectivity index (χ3n) is 2.64. The molecule has 0 saturated heterocycles. The van der Waals surface area contributed by atoms with Gasteiger partial charge in [-0.2, -0.15) is 5.10 Å². The third kappa shape index (κ3) is 2.93. The van der Waals surface area contributed by atoms with Crippen LogP contribution in [0, 0.1) is 6.92 Å².